The lowest BCUT2D eigenvalue weighted by Crippen LogP contribution is -2.37. The van der Waals surface area contributed by atoms with E-state index < -0.39 is 0 Å². The SMILES string of the molecule is c1cnn(C2CCCN(c3ncnc4sccc34)C2)c1. The Hall–Kier alpha value is -1.95. The summed E-state index contributed by atoms with van der Waals surface area (Å²) in [6.45, 7) is 2.02. The molecule has 1 unspecified atom stereocenters. The van der Waals surface area contributed by atoms with E-state index >= 15 is 0 Å². The topological polar surface area (TPSA) is 46.8 Å². The summed E-state index contributed by atoms with van der Waals surface area (Å²) in [5, 5.41) is 7.63. The Balaban J connectivity index is 1.66. The Morgan fingerprint density at radius 2 is 2.30 bits per heavy atom. The maximum Gasteiger partial charge on any atom is 0.140 e. The van der Waals surface area contributed by atoms with Crippen molar-refractivity contribution in [3.05, 3.63) is 36.2 Å². The number of nitrogens with zero attached hydrogens (tertiary/aromatic N) is 5. The lowest BCUT2D eigenvalue weighted by molar-refractivity contribution is 0.375. The minimum atomic E-state index is 0.433. The first-order chi connectivity index (χ1) is 9.92. The van der Waals surface area contributed by atoms with E-state index in [1.165, 1.54) is 18.2 Å². The van der Waals surface area contributed by atoms with Crippen LogP contribution < -0.4 is 4.90 Å². The van der Waals surface area contributed by atoms with Gasteiger partial charge in [-0.05, 0) is 30.4 Å². The number of aromatic nitrogens is 4. The average molecular weight is 285 g/mol. The molecule has 1 fully saturated rings. The molecule has 0 aliphatic carbocycles. The van der Waals surface area contributed by atoms with Crippen LogP contribution in [0.5, 0.6) is 0 Å². The lowest BCUT2D eigenvalue weighted by atomic mass is 10.1. The molecule has 0 aromatic carbocycles. The second-order valence-corrected chi connectivity index (χ2v) is 5.96. The zero-order valence-electron chi connectivity index (χ0n) is 11.0. The van der Waals surface area contributed by atoms with Gasteiger partial charge < -0.3 is 4.90 Å². The standard InChI is InChI=1S/C14H15N5S/c1-3-11(19-7-2-5-17-19)9-18(6-1)13-12-4-8-20-14(12)16-10-15-13/h2,4-5,7-8,10-11H,1,3,6,9H2. The predicted molar refractivity (Wildman–Crippen MR) is 80.1 cm³/mol. The second kappa shape index (κ2) is 4.86. The Morgan fingerprint density at radius 1 is 1.30 bits per heavy atom. The van der Waals surface area contributed by atoms with Crippen molar-refractivity contribution in [2.45, 2.75) is 18.9 Å². The summed E-state index contributed by atoms with van der Waals surface area (Å²) < 4.78 is 2.07. The molecule has 3 aromatic rings. The molecule has 0 radical (unpaired) electrons. The van der Waals surface area contributed by atoms with Gasteiger partial charge in [-0.15, -0.1) is 11.3 Å². The van der Waals surface area contributed by atoms with E-state index in [0.29, 0.717) is 6.04 Å². The molecule has 20 heavy (non-hydrogen) atoms. The van der Waals surface area contributed by atoms with Crippen molar-refractivity contribution in [1.82, 2.24) is 19.7 Å². The van der Waals surface area contributed by atoms with Crippen molar-refractivity contribution in [3.8, 4) is 0 Å². The van der Waals surface area contributed by atoms with Gasteiger partial charge in [0.15, 0.2) is 0 Å². The molecule has 1 aliphatic rings. The van der Waals surface area contributed by atoms with Gasteiger partial charge in [0.25, 0.3) is 0 Å². The molecule has 0 saturated carbocycles. The normalized spacial score (nSPS) is 19.6. The maximum atomic E-state index is 4.51. The van der Waals surface area contributed by atoms with Crippen LogP contribution in [0, 0.1) is 0 Å². The number of hydrogen-bond acceptors (Lipinski definition) is 5. The van der Waals surface area contributed by atoms with Crippen molar-refractivity contribution < 1.29 is 0 Å². The number of fused-ring (bicyclic) bond motifs is 1. The fourth-order valence-electron chi connectivity index (χ4n) is 2.89. The minimum Gasteiger partial charge on any atom is -0.354 e. The Kier molecular flexibility index (Phi) is 2.88. The molecule has 0 amide bonds. The molecule has 1 saturated heterocycles. The summed E-state index contributed by atoms with van der Waals surface area (Å²) in [5.74, 6) is 1.06. The summed E-state index contributed by atoms with van der Waals surface area (Å²) in [6, 6.07) is 4.54. The van der Waals surface area contributed by atoms with Crippen LogP contribution in [0.25, 0.3) is 10.2 Å². The quantitative estimate of drug-likeness (QED) is 0.726. The molecule has 0 spiro atoms. The van der Waals surface area contributed by atoms with Crippen LogP contribution >= 0.6 is 11.3 Å². The molecule has 1 aliphatic heterocycles. The van der Waals surface area contributed by atoms with E-state index in [1.807, 2.05) is 18.5 Å². The van der Waals surface area contributed by atoms with Crippen LogP contribution in [-0.2, 0) is 0 Å². The van der Waals surface area contributed by atoms with Crippen LogP contribution in [0.3, 0.4) is 0 Å². The highest BCUT2D eigenvalue weighted by Gasteiger charge is 2.23. The smallest absolute Gasteiger partial charge is 0.140 e. The largest absolute Gasteiger partial charge is 0.354 e. The summed E-state index contributed by atoms with van der Waals surface area (Å²) in [5.41, 5.74) is 0. The van der Waals surface area contributed by atoms with Gasteiger partial charge in [0, 0.05) is 25.5 Å². The van der Waals surface area contributed by atoms with Crippen LogP contribution in [0.1, 0.15) is 18.9 Å². The fourth-order valence-corrected chi connectivity index (χ4v) is 3.62. The number of rotatable bonds is 2. The third kappa shape index (κ3) is 1.96. The van der Waals surface area contributed by atoms with E-state index in [0.717, 1.165) is 23.7 Å². The molecule has 4 heterocycles. The number of piperidine rings is 1. The van der Waals surface area contributed by atoms with E-state index in [1.54, 1.807) is 17.7 Å². The molecule has 6 heteroatoms. The summed E-state index contributed by atoms with van der Waals surface area (Å²) >= 11 is 1.67. The Labute approximate surface area is 120 Å². The second-order valence-electron chi connectivity index (χ2n) is 5.06. The third-order valence-electron chi connectivity index (χ3n) is 3.84. The lowest BCUT2D eigenvalue weighted by Gasteiger charge is -2.33. The molecular formula is C14H15N5S. The highest BCUT2D eigenvalue weighted by molar-refractivity contribution is 7.16. The summed E-state index contributed by atoms with van der Waals surface area (Å²) in [6.07, 6.45) is 7.91. The van der Waals surface area contributed by atoms with Crippen molar-refractivity contribution in [2.24, 2.45) is 0 Å². The van der Waals surface area contributed by atoms with Crippen LogP contribution in [0.2, 0.25) is 0 Å². The average Bonchev–Trinajstić information content (AvgIpc) is 3.18. The number of anilines is 1. The third-order valence-corrected chi connectivity index (χ3v) is 4.66. The molecule has 0 bridgehead atoms. The highest BCUT2D eigenvalue weighted by atomic mass is 32.1. The summed E-state index contributed by atoms with van der Waals surface area (Å²) in [7, 11) is 0. The first kappa shape index (κ1) is 11.8. The van der Waals surface area contributed by atoms with Crippen LogP contribution in [0.4, 0.5) is 5.82 Å². The zero-order valence-corrected chi connectivity index (χ0v) is 11.8. The monoisotopic (exact) mass is 285 g/mol. The predicted octanol–water partition coefficient (Wildman–Crippen LogP) is 2.73. The summed E-state index contributed by atoms with van der Waals surface area (Å²) in [4.78, 5) is 12.3. The number of thiophene rings is 1. The van der Waals surface area contributed by atoms with Crippen LogP contribution in [0.15, 0.2) is 36.2 Å². The molecule has 5 nitrogen and oxygen atoms in total. The van der Waals surface area contributed by atoms with Gasteiger partial charge in [-0.2, -0.15) is 5.10 Å². The van der Waals surface area contributed by atoms with E-state index in [4.69, 9.17) is 0 Å². The minimum absolute atomic E-state index is 0.433. The van der Waals surface area contributed by atoms with Crippen LogP contribution in [-0.4, -0.2) is 32.8 Å². The Bertz CT molecular complexity index is 705. The van der Waals surface area contributed by atoms with Gasteiger partial charge in [-0.25, -0.2) is 9.97 Å². The maximum absolute atomic E-state index is 4.51. The van der Waals surface area contributed by atoms with Gasteiger partial charge in [0.1, 0.15) is 17.0 Å². The molecule has 4 rings (SSSR count). The van der Waals surface area contributed by atoms with Gasteiger partial charge in [-0.3, -0.25) is 4.68 Å². The van der Waals surface area contributed by atoms with Crippen molar-refractivity contribution in [1.29, 1.82) is 0 Å². The van der Waals surface area contributed by atoms with Gasteiger partial charge in [0.05, 0.1) is 11.4 Å². The molecule has 0 N–H and O–H groups in total. The molecular weight excluding hydrogens is 270 g/mol. The fraction of sp³-hybridized carbons (Fsp3) is 0.357. The van der Waals surface area contributed by atoms with Crippen molar-refractivity contribution >= 4 is 27.4 Å². The first-order valence-corrected chi connectivity index (χ1v) is 7.72. The molecule has 102 valence electrons. The van der Waals surface area contributed by atoms with E-state index in [2.05, 4.69) is 36.1 Å². The van der Waals surface area contributed by atoms with Gasteiger partial charge >= 0.3 is 0 Å². The zero-order chi connectivity index (χ0) is 13.4. The Morgan fingerprint density at radius 3 is 3.20 bits per heavy atom. The van der Waals surface area contributed by atoms with E-state index in [-0.39, 0.29) is 0 Å². The first-order valence-electron chi connectivity index (χ1n) is 6.84. The van der Waals surface area contributed by atoms with Gasteiger partial charge in [-0.1, -0.05) is 0 Å². The van der Waals surface area contributed by atoms with Crippen molar-refractivity contribution in [2.75, 3.05) is 18.0 Å². The molecule has 3 aromatic heterocycles. The van der Waals surface area contributed by atoms with Gasteiger partial charge in [0.2, 0.25) is 0 Å². The van der Waals surface area contributed by atoms with Crippen molar-refractivity contribution in [3.63, 3.8) is 0 Å². The number of hydrogen-bond donors (Lipinski definition) is 0. The van der Waals surface area contributed by atoms with E-state index in [9.17, 15) is 0 Å². The highest BCUT2D eigenvalue weighted by Crippen LogP contribution is 2.30. The molecule has 1 atom stereocenters.